The van der Waals surface area contributed by atoms with E-state index in [1.165, 1.54) is 6.26 Å². The lowest BCUT2D eigenvalue weighted by molar-refractivity contribution is 0.179. The van der Waals surface area contributed by atoms with Crippen LogP contribution in [0.25, 0.3) is 0 Å². The first-order valence-electron chi connectivity index (χ1n) is 7.07. The van der Waals surface area contributed by atoms with Crippen molar-refractivity contribution >= 4 is 21.8 Å². The van der Waals surface area contributed by atoms with Gasteiger partial charge in [-0.25, -0.2) is 12.7 Å². The third-order valence-corrected chi connectivity index (χ3v) is 6.21. The molecule has 1 rings (SSSR count). The van der Waals surface area contributed by atoms with Gasteiger partial charge in [0.25, 0.3) is 0 Å². The van der Waals surface area contributed by atoms with Crippen LogP contribution in [0.2, 0.25) is 0 Å². The van der Waals surface area contributed by atoms with Gasteiger partial charge >= 0.3 is 0 Å². The van der Waals surface area contributed by atoms with Gasteiger partial charge < -0.3 is 4.90 Å². The van der Waals surface area contributed by atoms with E-state index >= 15 is 0 Å². The Labute approximate surface area is 123 Å². The van der Waals surface area contributed by atoms with Crippen LogP contribution in [0.5, 0.6) is 0 Å². The average Bonchev–Trinajstić information content (AvgIpc) is 2.35. The van der Waals surface area contributed by atoms with Crippen LogP contribution >= 0.6 is 11.8 Å². The van der Waals surface area contributed by atoms with E-state index < -0.39 is 10.0 Å². The van der Waals surface area contributed by atoms with Gasteiger partial charge in [-0.1, -0.05) is 6.92 Å². The molecule has 0 radical (unpaired) electrons. The molecule has 0 aromatic rings. The molecule has 0 amide bonds. The summed E-state index contributed by atoms with van der Waals surface area (Å²) in [6.45, 7) is 6.82. The SMILES string of the molecule is CCSC[C@@H](C)N(C)C[C@@H]1CCCN(S(C)(=O)=O)C1. The van der Waals surface area contributed by atoms with Gasteiger partial charge in [-0.3, -0.25) is 0 Å². The summed E-state index contributed by atoms with van der Waals surface area (Å²) in [6, 6.07) is 0.554. The van der Waals surface area contributed by atoms with E-state index in [4.69, 9.17) is 0 Å². The summed E-state index contributed by atoms with van der Waals surface area (Å²) in [5.41, 5.74) is 0. The van der Waals surface area contributed by atoms with E-state index in [2.05, 4.69) is 25.8 Å². The predicted molar refractivity (Wildman–Crippen MR) is 84.2 cm³/mol. The van der Waals surface area contributed by atoms with Crippen LogP contribution in [0.4, 0.5) is 0 Å². The fourth-order valence-electron chi connectivity index (χ4n) is 2.48. The molecule has 0 saturated carbocycles. The van der Waals surface area contributed by atoms with E-state index in [-0.39, 0.29) is 0 Å². The van der Waals surface area contributed by atoms with Crippen LogP contribution < -0.4 is 0 Å². The molecule has 4 nitrogen and oxygen atoms in total. The molecule has 0 bridgehead atoms. The van der Waals surface area contributed by atoms with Crippen LogP contribution in [-0.4, -0.2) is 68.1 Å². The zero-order valence-electron chi connectivity index (χ0n) is 12.6. The van der Waals surface area contributed by atoms with Crippen LogP contribution in [0.15, 0.2) is 0 Å². The number of hydrogen-bond donors (Lipinski definition) is 0. The van der Waals surface area contributed by atoms with Crippen molar-refractivity contribution in [1.82, 2.24) is 9.21 Å². The third-order valence-electron chi connectivity index (χ3n) is 3.81. The molecule has 114 valence electrons. The highest BCUT2D eigenvalue weighted by Crippen LogP contribution is 2.20. The number of rotatable bonds is 7. The largest absolute Gasteiger partial charge is 0.303 e. The second-order valence-electron chi connectivity index (χ2n) is 5.58. The topological polar surface area (TPSA) is 40.6 Å². The second kappa shape index (κ2) is 7.86. The molecule has 1 heterocycles. The molecule has 1 aliphatic rings. The van der Waals surface area contributed by atoms with Gasteiger partial charge in [0, 0.05) is 31.4 Å². The van der Waals surface area contributed by atoms with Gasteiger partial charge in [0.15, 0.2) is 0 Å². The maximum absolute atomic E-state index is 11.6. The maximum atomic E-state index is 11.6. The molecule has 2 atom stereocenters. The highest BCUT2D eigenvalue weighted by molar-refractivity contribution is 7.99. The molecular weight excluding hydrogens is 280 g/mol. The molecule has 19 heavy (non-hydrogen) atoms. The van der Waals surface area contributed by atoms with Crippen molar-refractivity contribution in [3.8, 4) is 0 Å². The fourth-order valence-corrected chi connectivity index (χ4v) is 4.25. The van der Waals surface area contributed by atoms with Crippen molar-refractivity contribution in [3.05, 3.63) is 0 Å². The van der Waals surface area contributed by atoms with Crippen molar-refractivity contribution in [1.29, 1.82) is 0 Å². The summed E-state index contributed by atoms with van der Waals surface area (Å²) in [5, 5.41) is 0. The Morgan fingerprint density at radius 1 is 1.47 bits per heavy atom. The Kier molecular flexibility index (Phi) is 7.14. The van der Waals surface area contributed by atoms with E-state index in [0.717, 1.165) is 30.9 Å². The smallest absolute Gasteiger partial charge is 0.211 e. The lowest BCUT2D eigenvalue weighted by Crippen LogP contribution is -2.44. The van der Waals surface area contributed by atoms with Crippen LogP contribution in [-0.2, 0) is 10.0 Å². The molecule has 0 aromatic carbocycles. The standard InChI is InChI=1S/C13H28N2O2S2/c1-5-18-11-12(2)14(3)9-13-7-6-8-15(10-13)19(4,16)17/h12-13H,5-11H2,1-4H3/t12-,13+/m1/s1. The quantitative estimate of drug-likeness (QED) is 0.718. The Balaban J connectivity index is 2.43. The molecule has 0 aromatic heterocycles. The van der Waals surface area contributed by atoms with Crippen molar-refractivity contribution in [2.45, 2.75) is 32.7 Å². The normalized spacial score (nSPS) is 23.7. The third kappa shape index (κ3) is 6.02. The summed E-state index contributed by atoms with van der Waals surface area (Å²) in [7, 11) is -0.865. The summed E-state index contributed by atoms with van der Waals surface area (Å²) in [4.78, 5) is 2.37. The highest BCUT2D eigenvalue weighted by atomic mass is 32.2. The zero-order chi connectivity index (χ0) is 14.5. The van der Waals surface area contributed by atoms with Crippen molar-refractivity contribution < 1.29 is 8.42 Å². The van der Waals surface area contributed by atoms with E-state index in [0.29, 0.717) is 25.0 Å². The van der Waals surface area contributed by atoms with Crippen LogP contribution in [0.3, 0.4) is 0 Å². The summed E-state index contributed by atoms with van der Waals surface area (Å²) in [6.07, 6.45) is 3.45. The molecule has 0 unspecified atom stereocenters. The Hall–Kier alpha value is 0.220. The van der Waals surface area contributed by atoms with Gasteiger partial charge in [0.1, 0.15) is 0 Å². The fraction of sp³-hybridized carbons (Fsp3) is 1.00. The van der Waals surface area contributed by atoms with E-state index in [1.54, 1.807) is 4.31 Å². The Bertz CT molecular complexity index is 360. The maximum Gasteiger partial charge on any atom is 0.211 e. The lowest BCUT2D eigenvalue weighted by atomic mass is 9.99. The first-order chi connectivity index (χ1) is 8.84. The van der Waals surface area contributed by atoms with Crippen LogP contribution in [0.1, 0.15) is 26.7 Å². The first kappa shape index (κ1) is 17.3. The molecular formula is C13H28N2O2S2. The van der Waals surface area contributed by atoms with Gasteiger partial charge in [-0.15, -0.1) is 0 Å². The molecule has 1 fully saturated rings. The van der Waals surface area contributed by atoms with Crippen LogP contribution in [0, 0.1) is 5.92 Å². The highest BCUT2D eigenvalue weighted by Gasteiger charge is 2.27. The molecule has 0 spiro atoms. The number of piperidine rings is 1. The summed E-state index contributed by atoms with van der Waals surface area (Å²) < 4.78 is 24.8. The minimum atomic E-state index is -3.02. The second-order valence-corrected chi connectivity index (χ2v) is 8.88. The molecule has 1 aliphatic heterocycles. The average molecular weight is 309 g/mol. The van der Waals surface area contributed by atoms with Crippen molar-refractivity contribution in [2.75, 3.05) is 44.4 Å². The first-order valence-corrected chi connectivity index (χ1v) is 10.1. The van der Waals surface area contributed by atoms with Crippen molar-refractivity contribution in [2.24, 2.45) is 5.92 Å². The molecule has 6 heteroatoms. The van der Waals surface area contributed by atoms with E-state index in [9.17, 15) is 8.42 Å². The lowest BCUT2D eigenvalue weighted by Gasteiger charge is -2.35. The predicted octanol–water partition coefficient (Wildman–Crippen LogP) is 1.73. The van der Waals surface area contributed by atoms with Gasteiger partial charge in [-0.2, -0.15) is 11.8 Å². The van der Waals surface area contributed by atoms with Crippen molar-refractivity contribution in [3.63, 3.8) is 0 Å². The molecule has 0 aliphatic carbocycles. The minimum absolute atomic E-state index is 0.475. The Morgan fingerprint density at radius 3 is 2.74 bits per heavy atom. The number of nitrogens with zero attached hydrogens (tertiary/aromatic N) is 2. The monoisotopic (exact) mass is 308 g/mol. The molecule has 1 saturated heterocycles. The minimum Gasteiger partial charge on any atom is -0.303 e. The number of hydrogen-bond acceptors (Lipinski definition) is 4. The summed E-state index contributed by atoms with van der Waals surface area (Å²) in [5.74, 6) is 2.78. The Morgan fingerprint density at radius 2 is 2.16 bits per heavy atom. The molecule has 0 N–H and O–H groups in total. The van der Waals surface area contributed by atoms with Gasteiger partial charge in [0.05, 0.1) is 6.26 Å². The number of sulfonamides is 1. The zero-order valence-corrected chi connectivity index (χ0v) is 14.3. The van der Waals surface area contributed by atoms with Gasteiger partial charge in [0.2, 0.25) is 10.0 Å². The van der Waals surface area contributed by atoms with E-state index in [1.807, 2.05) is 11.8 Å². The van der Waals surface area contributed by atoms with Gasteiger partial charge in [-0.05, 0) is 38.5 Å². The number of thioether (sulfide) groups is 1. The summed E-state index contributed by atoms with van der Waals surface area (Å²) >= 11 is 1.96.